The standard InChI is InChI=1S/C17H21N3O4S2.ClH/c1-24-12-4-6-14(18)15(10-12)19-16(21)11-13-5-7-17(25-13)26(22,23)20-8-2-3-9-20;/h4-7,10H,2-3,8-9,11,18H2,1H3,(H,19,21);1H. The summed E-state index contributed by atoms with van der Waals surface area (Å²) in [7, 11) is -1.91. The quantitative estimate of drug-likeness (QED) is 0.684. The Labute approximate surface area is 169 Å². The second kappa shape index (κ2) is 8.92. The lowest BCUT2D eigenvalue weighted by atomic mass is 10.2. The van der Waals surface area contributed by atoms with Crippen LogP contribution >= 0.6 is 23.7 Å². The third kappa shape index (κ3) is 4.92. The first-order valence-electron chi connectivity index (χ1n) is 8.22. The minimum absolute atomic E-state index is 0. The largest absolute Gasteiger partial charge is 0.497 e. The average molecular weight is 432 g/mol. The van der Waals surface area contributed by atoms with Gasteiger partial charge in [-0.05, 0) is 37.1 Å². The van der Waals surface area contributed by atoms with E-state index in [1.54, 1.807) is 30.3 Å². The van der Waals surface area contributed by atoms with E-state index in [1.165, 1.54) is 11.4 Å². The fourth-order valence-electron chi connectivity index (χ4n) is 2.77. The summed E-state index contributed by atoms with van der Waals surface area (Å²) in [5.74, 6) is 0.321. The third-order valence-electron chi connectivity index (χ3n) is 4.17. The van der Waals surface area contributed by atoms with E-state index in [2.05, 4.69) is 5.32 Å². The van der Waals surface area contributed by atoms with Crippen molar-refractivity contribution in [3.8, 4) is 5.75 Å². The Hall–Kier alpha value is -1.81. The van der Waals surface area contributed by atoms with Gasteiger partial charge in [0.15, 0.2) is 0 Å². The average Bonchev–Trinajstić information content (AvgIpc) is 3.29. The van der Waals surface area contributed by atoms with E-state index >= 15 is 0 Å². The second-order valence-electron chi connectivity index (χ2n) is 6.01. The van der Waals surface area contributed by atoms with Crippen LogP contribution in [-0.4, -0.2) is 38.8 Å². The van der Waals surface area contributed by atoms with Crippen LogP contribution in [0.5, 0.6) is 5.75 Å². The molecule has 27 heavy (non-hydrogen) atoms. The highest BCUT2D eigenvalue weighted by molar-refractivity contribution is 7.91. The van der Waals surface area contributed by atoms with Gasteiger partial charge in [0.05, 0.1) is 24.9 Å². The number of nitrogens with two attached hydrogens (primary N) is 1. The minimum Gasteiger partial charge on any atom is -0.497 e. The van der Waals surface area contributed by atoms with E-state index < -0.39 is 10.0 Å². The van der Waals surface area contributed by atoms with Gasteiger partial charge in [0.2, 0.25) is 5.91 Å². The van der Waals surface area contributed by atoms with E-state index in [4.69, 9.17) is 10.5 Å². The molecule has 2 heterocycles. The molecule has 1 aromatic heterocycles. The summed E-state index contributed by atoms with van der Waals surface area (Å²) < 4.78 is 32.0. The number of halogens is 1. The van der Waals surface area contributed by atoms with Crippen molar-refractivity contribution >= 4 is 51.0 Å². The Morgan fingerprint density at radius 3 is 2.63 bits per heavy atom. The highest BCUT2D eigenvalue weighted by Gasteiger charge is 2.28. The number of sulfonamides is 1. The molecule has 0 atom stereocenters. The molecule has 1 saturated heterocycles. The van der Waals surface area contributed by atoms with E-state index in [9.17, 15) is 13.2 Å². The fraction of sp³-hybridized carbons (Fsp3) is 0.353. The van der Waals surface area contributed by atoms with Gasteiger partial charge in [-0.2, -0.15) is 4.31 Å². The van der Waals surface area contributed by atoms with Crippen molar-refractivity contribution in [3.05, 3.63) is 35.2 Å². The molecule has 0 spiro atoms. The van der Waals surface area contributed by atoms with Crippen molar-refractivity contribution in [2.24, 2.45) is 0 Å². The Morgan fingerprint density at radius 2 is 1.96 bits per heavy atom. The van der Waals surface area contributed by atoms with Crippen LogP contribution in [0, 0.1) is 0 Å². The molecule has 10 heteroatoms. The molecule has 0 saturated carbocycles. The molecule has 2 aromatic rings. The predicted octanol–water partition coefficient (Wildman–Crippen LogP) is 2.73. The summed E-state index contributed by atoms with van der Waals surface area (Å²) in [6.07, 6.45) is 1.86. The van der Waals surface area contributed by atoms with Crippen molar-refractivity contribution in [1.29, 1.82) is 0 Å². The number of nitrogens with zero attached hydrogens (tertiary/aromatic N) is 1. The lowest BCUT2D eigenvalue weighted by molar-refractivity contribution is -0.115. The number of thiophene rings is 1. The first-order chi connectivity index (χ1) is 12.4. The van der Waals surface area contributed by atoms with Crippen molar-refractivity contribution in [2.45, 2.75) is 23.5 Å². The highest BCUT2D eigenvalue weighted by Crippen LogP contribution is 2.28. The van der Waals surface area contributed by atoms with Crippen molar-refractivity contribution < 1.29 is 17.9 Å². The zero-order chi connectivity index (χ0) is 18.7. The number of amides is 1. The van der Waals surface area contributed by atoms with Gasteiger partial charge in [-0.15, -0.1) is 23.7 Å². The molecule has 0 bridgehead atoms. The van der Waals surface area contributed by atoms with E-state index in [1.807, 2.05) is 0 Å². The number of carbonyl (C=O) groups is 1. The number of nitrogens with one attached hydrogen (secondary N) is 1. The van der Waals surface area contributed by atoms with Crippen LogP contribution in [0.3, 0.4) is 0 Å². The lowest BCUT2D eigenvalue weighted by Gasteiger charge is -2.13. The van der Waals surface area contributed by atoms with Gasteiger partial charge in [0.25, 0.3) is 10.0 Å². The van der Waals surface area contributed by atoms with Gasteiger partial charge in [0, 0.05) is 24.0 Å². The summed E-state index contributed by atoms with van der Waals surface area (Å²) in [6.45, 7) is 1.12. The van der Waals surface area contributed by atoms with E-state index in [-0.39, 0.29) is 28.9 Å². The molecule has 3 rings (SSSR count). The van der Waals surface area contributed by atoms with Crippen LogP contribution < -0.4 is 15.8 Å². The molecular weight excluding hydrogens is 410 g/mol. The molecule has 0 aliphatic carbocycles. The number of benzene rings is 1. The van der Waals surface area contributed by atoms with Gasteiger partial charge < -0.3 is 15.8 Å². The molecule has 0 radical (unpaired) electrons. The van der Waals surface area contributed by atoms with Gasteiger partial charge in [-0.3, -0.25) is 4.79 Å². The zero-order valence-electron chi connectivity index (χ0n) is 14.8. The van der Waals surface area contributed by atoms with Gasteiger partial charge in [-0.25, -0.2) is 8.42 Å². The SMILES string of the molecule is COc1ccc(N)c(NC(=O)Cc2ccc(S(=O)(=O)N3CCCC3)s2)c1.Cl. The number of nitrogen functional groups attached to an aromatic ring is 1. The summed E-state index contributed by atoms with van der Waals surface area (Å²) in [4.78, 5) is 13.0. The first-order valence-corrected chi connectivity index (χ1v) is 10.5. The van der Waals surface area contributed by atoms with Crippen LogP contribution in [-0.2, 0) is 21.2 Å². The minimum atomic E-state index is -3.44. The van der Waals surface area contributed by atoms with Crippen molar-refractivity contribution in [2.75, 3.05) is 31.2 Å². The molecule has 0 unspecified atom stereocenters. The molecule has 3 N–H and O–H groups in total. The van der Waals surface area contributed by atoms with Crippen LogP contribution in [0.4, 0.5) is 11.4 Å². The monoisotopic (exact) mass is 431 g/mol. The molecule has 1 aromatic carbocycles. The Morgan fingerprint density at radius 1 is 1.26 bits per heavy atom. The van der Waals surface area contributed by atoms with Gasteiger partial charge in [0.1, 0.15) is 9.96 Å². The van der Waals surface area contributed by atoms with Gasteiger partial charge in [-0.1, -0.05) is 0 Å². The van der Waals surface area contributed by atoms with Gasteiger partial charge >= 0.3 is 0 Å². The summed E-state index contributed by atoms with van der Waals surface area (Å²) in [5, 5.41) is 2.74. The van der Waals surface area contributed by atoms with Crippen molar-refractivity contribution in [1.82, 2.24) is 4.31 Å². The van der Waals surface area contributed by atoms with Crippen LogP contribution in [0.1, 0.15) is 17.7 Å². The smallest absolute Gasteiger partial charge is 0.252 e. The third-order valence-corrected chi connectivity index (χ3v) is 7.62. The first kappa shape index (κ1) is 21.5. The predicted molar refractivity (Wildman–Crippen MR) is 109 cm³/mol. The Balaban J connectivity index is 0.00000261. The lowest BCUT2D eigenvalue weighted by Crippen LogP contribution is -2.27. The Bertz CT molecular complexity index is 909. The zero-order valence-corrected chi connectivity index (χ0v) is 17.3. The molecule has 7 nitrogen and oxygen atoms in total. The second-order valence-corrected chi connectivity index (χ2v) is 9.34. The van der Waals surface area contributed by atoms with E-state index in [0.717, 1.165) is 24.2 Å². The van der Waals surface area contributed by atoms with E-state index in [0.29, 0.717) is 35.1 Å². The number of methoxy groups -OCH3 is 1. The maximum Gasteiger partial charge on any atom is 0.252 e. The van der Waals surface area contributed by atoms with Crippen molar-refractivity contribution in [3.63, 3.8) is 0 Å². The topological polar surface area (TPSA) is 102 Å². The fourth-order valence-corrected chi connectivity index (χ4v) is 5.80. The summed E-state index contributed by atoms with van der Waals surface area (Å²) in [6, 6.07) is 8.26. The van der Waals surface area contributed by atoms with Crippen LogP contribution in [0.25, 0.3) is 0 Å². The molecule has 1 amide bonds. The number of hydrogen-bond donors (Lipinski definition) is 2. The maximum atomic E-state index is 12.5. The number of rotatable bonds is 6. The van der Waals surface area contributed by atoms with Crippen LogP contribution in [0.15, 0.2) is 34.5 Å². The summed E-state index contributed by atoms with van der Waals surface area (Å²) in [5.41, 5.74) is 6.77. The highest BCUT2D eigenvalue weighted by atomic mass is 35.5. The normalized spacial score (nSPS) is 14.6. The summed E-state index contributed by atoms with van der Waals surface area (Å²) >= 11 is 1.13. The maximum absolute atomic E-state index is 12.5. The molecule has 1 fully saturated rings. The number of carbonyl (C=O) groups excluding carboxylic acids is 1. The number of hydrogen-bond acceptors (Lipinski definition) is 6. The van der Waals surface area contributed by atoms with Crippen LogP contribution in [0.2, 0.25) is 0 Å². The molecule has 1 aliphatic heterocycles. The molecule has 148 valence electrons. The number of ether oxygens (including phenoxy) is 1. The number of anilines is 2. The molecule has 1 aliphatic rings. The molecular formula is C17H22ClN3O4S2. The Kier molecular flexibility index (Phi) is 7.10.